The maximum Gasteiger partial charge on any atom is 0.191 e. The van der Waals surface area contributed by atoms with Crippen molar-refractivity contribution in [2.75, 3.05) is 6.61 Å². The number of rotatable bonds is 6. The minimum absolute atomic E-state index is 0.291. The lowest BCUT2D eigenvalue weighted by atomic mass is 10.2. The fourth-order valence-corrected chi connectivity index (χ4v) is 2.03. The van der Waals surface area contributed by atoms with Crippen molar-refractivity contribution < 1.29 is 9.63 Å². The second kappa shape index (κ2) is 6.28. The van der Waals surface area contributed by atoms with Gasteiger partial charge in [0.1, 0.15) is 0 Å². The lowest BCUT2D eigenvalue weighted by Gasteiger charge is -2.36. The van der Waals surface area contributed by atoms with Crippen molar-refractivity contribution in [1.82, 2.24) is 0 Å². The Balaban J connectivity index is 3.67. The van der Waals surface area contributed by atoms with Crippen LogP contribution in [0.2, 0.25) is 18.1 Å². The van der Waals surface area contributed by atoms with Crippen molar-refractivity contribution in [2.45, 2.75) is 58.2 Å². The van der Waals surface area contributed by atoms with Gasteiger partial charge >= 0.3 is 0 Å². The van der Waals surface area contributed by atoms with Gasteiger partial charge in [-0.05, 0) is 37.4 Å². The first-order chi connectivity index (χ1) is 6.81. The van der Waals surface area contributed by atoms with E-state index in [1.165, 1.54) is 6.21 Å². The summed E-state index contributed by atoms with van der Waals surface area (Å²) in [7, 11) is -1.56. The minimum atomic E-state index is -1.56. The fourth-order valence-electron chi connectivity index (χ4n) is 0.939. The lowest BCUT2D eigenvalue weighted by Crippen LogP contribution is -2.40. The first kappa shape index (κ1) is 14.6. The van der Waals surface area contributed by atoms with Crippen LogP contribution in [0.25, 0.3) is 0 Å². The molecule has 0 heterocycles. The molecule has 0 spiro atoms. The zero-order valence-corrected chi connectivity index (χ0v) is 11.7. The Morgan fingerprint density at radius 1 is 1.27 bits per heavy atom. The largest absolute Gasteiger partial charge is 0.417 e. The van der Waals surface area contributed by atoms with Crippen LogP contribution in [0.15, 0.2) is 5.16 Å². The van der Waals surface area contributed by atoms with Gasteiger partial charge in [-0.15, -0.1) is 5.16 Å². The summed E-state index contributed by atoms with van der Waals surface area (Å²) in [6.07, 6.45) is 4.43. The molecule has 0 unspecified atom stereocenters. The predicted molar refractivity (Wildman–Crippen MR) is 67.3 cm³/mol. The average Bonchev–Trinajstić information content (AvgIpc) is 2.09. The van der Waals surface area contributed by atoms with Crippen LogP contribution < -0.4 is 0 Å². The number of unbranched alkanes of at least 4 members (excludes halogenated alkanes) is 2. The number of oxime groups is 1. The van der Waals surface area contributed by atoms with Crippen LogP contribution in [-0.2, 0) is 4.43 Å². The van der Waals surface area contributed by atoms with E-state index in [9.17, 15) is 0 Å². The van der Waals surface area contributed by atoms with Crippen LogP contribution >= 0.6 is 0 Å². The Kier molecular flexibility index (Phi) is 6.13. The highest BCUT2D eigenvalue weighted by atomic mass is 28.4. The van der Waals surface area contributed by atoms with E-state index in [2.05, 4.69) is 39.0 Å². The number of nitrogens with zero attached hydrogens (tertiary/aromatic N) is 1. The van der Waals surface area contributed by atoms with Gasteiger partial charge in [-0.3, -0.25) is 0 Å². The van der Waals surface area contributed by atoms with Crippen LogP contribution in [-0.4, -0.2) is 26.3 Å². The van der Waals surface area contributed by atoms with E-state index in [1.54, 1.807) is 0 Å². The fraction of sp³-hybridized carbons (Fsp3) is 0.909. The molecular weight excluding hydrogens is 206 g/mol. The zero-order chi connectivity index (χ0) is 11.9. The first-order valence-corrected chi connectivity index (χ1v) is 8.52. The molecule has 0 aromatic rings. The molecule has 90 valence electrons. The zero-order valence-electron chi connectivity index (χ0n) is 10.7. The first-order valence-electron chi connectivity index (χ1n) is 5.61. The quantitative estimate of drug-likeness (QED) is 0.249. The molecule has 0 rings (SSSR count). The van der Waals surface area contributed by atoms with Crippen molar-refractivity contribution in [3.05, 3.63) is 0 Å². The summed E-state index contributed by atoms with van der Waals surface area (Å²) in [5, 5.41) is 11.5. The Hall–Kier alpha value is -0.353. The molecule has 15 heavy (non-hydrogen) atoms. The highest BCUT2D eigenvalue weighted by Gasteiger charge is 2.36. The average molecular weight is 231 g/mol. The van der Waals surface area contributed by atoms with Gasteiger partial charge in [0, 0.05) is 12.8 Å². The van der Waals surface area contributed by atoms with Gasteiger partial charge in [-0.25, -0.2) is 0 Å². The van der Waals surface area contributed by atoms with E-state index in [0.29, 0.717) is 5.04 Å². The molecule has 0 saturated carbocycles. The molecule has 0 aliphatic heterocycles. The van der Waals surface area contributed by atoms with Crippen molar-refractivity contribution in [3.8, 4) is 0 Å². The van der Waals surface area contributed by atoms with Crippen LogP contribution in [0.4, 0.5) is 0 Å². The van der Waals surface area contributed by atoms with E-state index in [0.717, 1.165) is 25.9 Å². The summed E-state index contributed by atoms with van der Waals surface area (Å²) in [6, 6.07) is 0. The summed E-state index contributed by atoms with van der Waals surface area (Å²) < 4.78 is 6.01. The van der Waals surface area contributed by atoms with E-state index in [4.69, 9.17) is 9.63 Å². The monoisotopic (exact) mass is 231 g/mol. The van der Waals surface area contributed by atoms with Gasteiger partial charge in [-0.1, -0.05) is 20.8 Å². The number of hydrogen-bond donors (Lipinski definition) is 1. The Morgan fingerprint density at radius 3 is 2.33 bits per heavy atom. The molecule has 0 aliphatic carbocycles. The molecular formula is C11H25NO2Si. The molecule has 0 aromatic heterocycles. The van der Waals surface area contributed by atoms with Gasteiger partial charge in [0.2, 0.25) is 0 Å². The van der Waals surface area contributed by atoms with E-state index >= 15 is 0 Å². The third-order valence-corrected chi connectivity index (χ3v) is 7.62. The molecule has 0 radical (unpaired) electrons. The SMILES string of the molecule is CC(C)(C)[Si](C)(C)OCCCC/C=N/O. The van der Waals surface area contributed by atoms with Crippen molar-refractivity contribution in [1.29, 1.82) is 0 Å². The third-order valence-electron chi connectivity index (χ3n) is 3.08. The molecule has 0 bridgehead atoms. The van der Waals surface area contributed by atoms with E-state index in [1.807, 2.05) is 0 Å². The van der Waals surface area contributed by atoms with Crippen molar-refractivity contribution >= 4 is 14.5 Å². The van der Waals surface area contributed by atoms with E-state index in [-0.39, 0.29) is 0 Å². The van der Waals surface area contributed by atoms with Gasteiger partial charge in [0.25, 0.3) is 0 Å². The molecule has 0 amide bonds. The van der Waals surface area contributed by atoms with Gasteiger partial charge in [0.05, 0.1) is 0 Å². The van der Waals surface area contributed by atoms with Crippen LogP contribution in [0, 0.1) is 0 Å². The van der Waals surface area contributed by atoms with Crippen LogP contribution in [0.3, 0.4) is 0 Å². The van der Waals surface area contributed by atoms with Crippen LogP contribution in [0.1, 0.15) is 40.0 Å². The second-order valence-corrected chi connectivity index (χ2v) is 10.2. The molecule has 0 aromatic carbocycles. The van der Waals surface area contributed by atoms with Gasteiger partial charge < -0.3 is 9.63 Å². The Bertz CT molecular complexity index is 197. The Morgan fingerprint density at radius 2 is 1.87 bits per heavy atom. The van der Waals surface area contributed by atoms with Crippen molar-refractivity contribution in [2.24, 2.45) is 5.16 Å². The van der Waals surface area contributed by atoms with Crippen LogP contribution in [0.5, 0.6) is 0 Å². The molecule has 3 nitrogen and oxygen atoms in total. The number of hydrogen-bond acceptors (Lipinski definition) is 3. The summed E-state index contributed by atoms with van der Waals surface area (Å²) in [5.41, 5.74) is 0. The predicted octanol–water partition coefficient (Wildman–Crippen LogP) is 3.64. The topological polar surface area (TPSA) is 41.8 Å². The van der Waals surface area contributed by atoms with E-state index < -0.39 is 8.32 Å². The maximum absolute atomic E-state index is 8.20. The summed E-state index contributed by atoms with van der Waals surface area (Å²) in [6.45, 7) is 12.1. The Labute approximate surface area is 94.7 Å². The standard InChI is InChI=1S/C11H25NO2Si/c1-11(2,3)15(4,5)14-10-8-6-7-9-12-13/h9,13H,6-8,10H2,1-5H3/b12-9+. The maximum atomic E-state index is 8.20. The minimum Gasteiger partial charge on any atom is -0.417 e. The normalized spacial score (nSPS) is 13.7. The summed E-state index contributed by atoms with van der Waals surface area (Å²) >= 11 is 0. The highest BCUT2D eigenvalue weighted by molar-refractivity contribution is 6.74. The molecule has 0 aliphatic rings. The van der Waals surface area contributed by atoms with Gasteiger partial charge in [-0.2, -0.15) is 0 Å². The van der Waals surface area contributed by atoms with Gasteiger partial charge in [0.15, 0.2) is 8.32 Å². The second-order valence-electron chi connectivity index (χ2n) is 5.40. The molecule has 0 atom stereocenters. The smallest absolute Gasteiger partial charge is 0.191 e. The third kappa shape index (κ3) is 5.94. The molecule has 1 N–H and O–H groups in total. The van der Waals surface area contributed by atoms with Crippen molar-refractivity contribution in [3.63, 3.8) is 0 Å². The molecule has 0 fully saturated rings. The lowest BCUT2D eigenvalue weighted by molar-refractivity contribution is 0.279. The highest BCUT2D eigenvalue weighted by Crippen LogP contribution is 2.36. The summed E-state index contributed by atoms with van der Waals surface area (Å²) in [5.74, 6) is 0. The summed E-state index contributed by atoms with van der Waals surface area (Å²) in [4.78, 5) is 0. The molecule has 0 saturated heterocycles. The molecule has 4 heteroatoms.